The van der Waals surface area contributed by atoms with Crippen molar-refractivity contribution in [3.8, 4) is 0 Å². The van der Waals surface area contributed by atoms with Gasteiger partial charge in [-0.25, -0.2) is 4.79 Å². The summed E-state index contributed by atoms with van der Waals surface area (Å²) in [4.78, 5) is 36.9. The van der Waals surface area contributed by atoms with Crippen molar-refractivity contribution in [2.45, 2.75) is 36.9 Å². The first-order chi connectivity index (χ1) is 10.1. The smallest absolute Gasteiger partial charge is 0.346 e. The number of methoxy groups -OCH3 is 1. The number of Topliss-reactive ketones (excluding diaryl/α,β-unsaturated/α-hetero) is 2. The highest BCUT2D eigenvalue weighted by atomic mass is 16.6. The van der Waals surface area contributed by atoms with Gasteiger partial charge in [0.1, 0.15) is 5.78 Å². The zero-order valence-electron chi connectivity index (χ0n) is 11.7. The van der Waals surface area contributed by atoms with Gasteiger partial charge < -0.3 is 9.47 Å². The van der Waals surface area contributed by atoms with E-state index in [-0.39, 0.29) is 30.8 Å². The highest BCUT2D eigenvalue weighted by molar-refractivity contribution is 6.11. The molecule has 3 atom stereocenters. The number of carbonyl (C=O) groups is 3. The van der Waals surface area contributed by atoms with E-state index in [2.05, 4.69) is 0 Å². The Labute approximate surface area is 122 Å². The number of esters is 1. The van der Waals surface area contributed by atoms with E-state index in [0.717, 1.165) is 5.56 Å². The van der Waals surface area contributed by atoms with Crippen LogP contribution in [-0.2, 0) is 23.9 Å². The van der Waals surface area contributed by atoms with E-state index in [1.807, 2.05) is 18.2 Å². The van der Waals surface area contributed by atoms with Crippen molar-refractivity contribution >= 4 is 17.5 Å². The predicted octanol–water partition coefficient (Wildman–Crippen LogP) is 1.40. The molecule has 0 amide bonds. The summed E-state index contributed by atoms with van der Waals surface area (Å²) in [6.45, 7) is 0. The van der Waals surface area contributed by atoms with Crippen LogP contribution in [0.25, 0.3) is 0 Å². The first-order valence-electron chi connectivity index (χ1n) is 6.94. The summed E-state index contributed by atoms with van der Waals surface area (Å²) < 4.78 is 10.6. The molecular formula is C16H16O5. The molecule has 0 spiro atoms. The fourth-order valence-electron chi connectivity index (χ4n) is 3.32. The largest absolute Gasteiger partial charge is 0.467 e. The molecule has 0 unspecified atom stereocenters. The minimum Gasteiger partial charge on any atom is -0.467 e. The lowest BCUT2D eigenvalue weighted by molar-refractivity contribution is -0.173. The van der Waals surface area contributed by atoms with E-state index in [1.54, 1.807) is 12.1 Å². The SMILES string of the molecule is COC(=O)[C@@]12O[C@@H](CC(=O)C[C@H]1c1ccccc1)CC2=O. The minimum atomic E-state index is -1.67. The minimum absolute atomic E-state index is 0.00660. The molecular weight excluding hydrogens is 272 g/mol. The van der Waals surface area contributed by atoms with Gasteiger partial charge in [0.15, 0.2) is 5.78 Å². The lowest BCUT2D eigenvalue weighted by Gasteiger charge is -2.31. The molecule has 5 heteroatoms. The van der Waals surface area contributed by atoms with Crippen molar-refractivity contribution < 1.29 is 23.9 Å². The summed E-state index contributed by atoms with van der Waals surface area (Å²) in [5.74, 6) is -1.62. The maximum atomic E-state index is 12.5. The van der Waals surface area contributed by atoms with Gasteiger partial charge in [-0.3, -0.25) is 9.59 Å². The third kappa shape index (κ3) is 2.08. The summed E-state index contributed by atoms with van der Waals surface area (Å²) in [5.41, 5.74) is -0.931. The van der Waals surface area contributed by atoms with Crippen molar-refractivity contribution in [2.24, 2.45) is 0 Å². The first kappa shape index (κ1) is 13.9. The Kier molecular flexibility index (Phi) is 3.37. The third-order valence-corrected chi connectivity index (χ3v) is 4.25. The van der Waals surface area contributed by atoms with Crippen LogP contribution >= 0.6 is 0 Å². The molecule has 0 aromatic heterocycles. The van der Waals surface area contributed by atoms with Gasteiger partial charge in [-0.2, -0.15) is 0 Å². The summed E-state index contributed by atoms with van der Waals surface area (Å²) in [6.07, 6.45) is -0.142. The molecule has 1 aromatic carbocycles. The van der Waals surface area contributed by atoms with Crippen LogP contribution in [0, 0.1) is 0 Å². The molecule has 110 valence electrons. The Morgan fingerprint density at radius 3 is 2.57 bits per heavy atom. The number of benzene rings is 1. The molecule has 5 nitrogen and oxygen atoms in total. The van der Waals surface area contributed by atoms with Gasteiger partial charge >= 0.3 is 5.97 Å². The zero-order chi connectivity index (χ0) is 15.0. The molecule has 2 heterocycles. The summed E-state index contributed by atoms with van der Waals surface area (Å²) in [7, 11) is 1.23. The topological polar surface area (TPSA) is 69.7 Å². The fraction of sp³-hybridized carbons (Fsp3) is 0.438. The van der Waals surface area contributed by atoms with Crippen LogP contribution in [-0.4, -0.2) is 36.4 Å². The molecule has 2 fully saturated rings. The first-order valence-corrected chi connectivity index (χ1v) is 6.94. The van der Waals surface area contributed by atoms with E-state index >= 15 is 0 Å². The quantitative estimate of drug-likeness (QED) is 0.608. The number of hydrogen-bond donors (Lipinski definition) is 0. The summed E-state index contributed by atoms with van der Waals surface area (Å²) in [5, 5.41) is 0. The molecule has 0 radical (unpaired) electrons. The van der Waals surface area contributed by atoms with Crippen molar-refractivity contribution in [2.75, 3.05) is 7.11 Å². The zero-order valence-corrected chi connectivity index (χ0v) is 11.7. The van der Waals surface area contributed by atoms with Gasteiger partial charge in [-0.15, -0.1) is 0 Å². The Hall–Kier alpha value is -2.01. The Morgan fingerprint density at radius 2 is 1.90 bits per heavy atom. The molecule has 3 rings (SSSR count). The number of carbonyl (C=O) groups excluding carboxylic acids is 3. The molecule has 0 N–H and O–H groups in total. The Morgan fingerprint density at radius 1 is 1.19 bits per heavy atom. The van der Waals surface area contributed by atoms with Gasteiger partial charge in [0.2, 0.25) is 5.60 Å². The Bertz CT molecular complexity index is 584. The van der Waals surface area contributed by atoms with E-state index < -0.39 is 23.6 Å². The summed E-state index contributed by atoms with van der Waals surface area (Å²) in [6, 6.07) is 9.07. The second-order valence-electron chi connectivity index (χ2n) is 5.50. The molecule has 2 aliphatic heterocycles. The van der Waals surface area contributed by atoms with Crippen LogP contribution in [0.15, 0.2) is 30.3 Å². The molecule has 2 aliphatic rings. The molecule has 2 saturated heterocycles. The second kappa shape index (κ2) is 5.07. The van der Waals surface area contributed by atoms with Crippen LogP contribution in [0.1, 0.15) is 30.7 Å². The Balaban J connectivity index is 2.14. The number of ketones is 2. The normalized spacial score (nSPS) is 31.9. The van der Waals surface area contributed by atoms with Crippen LogP contribution < -0.4 is 0 Å². The number of rotatable bonds is 2. The van der Waals surface area contributed by atoms with Crippen molar-refractivity contribution in [3.05, 3.63) is 35.9 Å². The highest BCUT2D eigenvalue weighted by Crippen LogP contribution is 2.46. The third-order valence-electron chi connectivity index (χ3n) is 4.25. The van der Waals surface area contributed by atoms with Crippen LogP contribution in [0.5, 0.6) is 0 Å². The number of hydrogen-bond acceptors (Lipinski definition) is 5. The second-order valence-corrected chi connectivity index (χ2v) is 5.50. The molecule has 1 aromatic rings. The number of fused-ring (bicyclic) bond motifs is 2. The predicted molar refractivity (Wildman–Crippen MR) is 72.7 cm³/mol. The van der Waals surface area contributed by atoms with Crippen LogP contribution in [0.2, 0.25) is 0 Å². The lowest BCUT2D eigenvalue weighted by atomic mass is 9.75. The van der Waals surface area contributed by atoms with Crippen LogP contribution in [0.3, 0.4) is 0 Å². The van der Waals surface area contributed by atoms with E-state index in [1.165, 1.54) is 7.11 Å². The molecule has 0 saturated carbocycles. The van der Waals surface area contributed by atoms with Crippen molar-refractivity contribution in [1.29, 1.82) is 0 Å². The standard InChI is InChI=1S/C16H16O5/c1-20-15(19)16-13(10-5-3-2-4-6-10)8-11(17)7-12(21-16)9-14(16)18/h2-6,12-13H,7-9H2,1H3/t12-,13-,16+/m0/s1. The maximum absolute atomic E-state index is 12.5. The van der Waals surface area contributed by atoms with Gasteiger partial charge in [-0.1, -0.05) is 30.3 Å². The number of ether oxygens (including phenoxy) is 2. The lowest BCUT2D eigenvalue weighted by Crippen LogP contribution is -2.50. The van der Waals surface area contributed by atoms with E-state index in [0.29, 0.717) is 0 Å². The fourth-order valence-corrected chi connectivity index (χ4v) is 3.32. The van der Waals surface area contributed by atoms with E-state index in [4.69, 9.17) is 9.47 Å². The van der Waals surface area contributed by atoms with Gasteiger partial charge in [0.25, 0.3) is 0 Å². The van der Waals surface area contributed by atoms with Gasteiger partial charge in [0.05, 0.1) is 13.2 Å². The maximum Gasteiger partial charge on any atom is 0.346 e. The highest BCUT2D eigenvalue weighted by Gasteiger charge is 2.62. The van der Waals surface area contributed by atoms with Crippen LogP contribution in [0.4, 0.5) is 0 Å². The van der Waals surface area contributed by atoms with Crippen molar-refractivity contribution in [3.63, 3.8) is 0 Å². The summed E-state index contributed by atoms with van der Waals surface area (Å²) >= 11 is 0. The average molecular weight is 288 g/mol. The molecule has 0 aliphatic carbocycles. The van der Waals surface area contributed by atoms with Gasteiger partial charge in [-0.05, 0) is 5.56 Å². The molecule has 21 heavy (non-hydrogen) atoms. The van der Waals surface area contributed by atoms with E-state index in [9.17, 15) is 14.4 Å². The monoisotopic (exact) mass is 288 g/mol. The molecule has 2 bridgehead atoms. The average Bonchev–Trinajstić information content (AvgIpc) is 2.72. The van der Waals surface area contributed by atoms with Crippen molar-refractivity contribution in [1.82, 2.24) is 0 Å². The van der Waals surface area contributed by atoms with Gasteiger partial charge in [0, 0.05) is 25.2 Å².